The lowest BCUT2D eigenvalue weighted by atomic mass is 9.46. The summed E-state index contributed by atoms with van der Waals surface area (Å²) in [7, 11) is 0. The minimum Gasteiger partial charge on any atom is -0.377 e. The number of guanidine groups is 1. The number of nitrogens with two attached hydrogens (primary N) is 1. The van der Waals surface area contributed by atoms with Gasteiger partial charge in [-0.3, -0.25) is 0 Å². The van der Waals surface area contributed by atoms with E-state index >= 15 is 0 Å². The smallest absolute Gasteiger partial charge is 0.191 e. The molecule has 0 bridgehead atoms. The van der Waals surface area contributed by atoms with Gasteiger partial charge < -0.3 is 15.4 Å². The molecule has 20 heavy (non-hydrogen) atoms. The van der Waals surface area contributed by atoms with Crippen molar-refractivity contribution in [1.82, 2.24) is 4.90 Å². The van der Waals surface area contributed by atoms with Crippen LogP contribution in [0.1, 0.15) is 51.4 Å². The molecule has 2 aliphatic heterocycles. The first-order valence-electron chi connectivity index (χ1n) is 8.51. The number of hydrogen-bond acceptors (Lipinski definition) is 2. The molecule has 4 aliphatic rings. The molecule has 4 fully saturated rings. The van der Waals surface area contributed by atoms with Crippen molar-refractivity contribution in [2.75, 3.05) is 19.7 Å². The Hall–Kier alpha value is -0.770. The van der Waals surface area contributed by atoms with Gasteiger partial charge in [0.05, 0.1) is 12.1 Å². The highest BCUT2D eigenvalue weighted by atomic mass is 16.5. The Bertz CT molecular complexity index is 397. The average molecular weight is 277 g/mol. The van der Waals surface area contributed by atoms with Crippen molar-refractivity contribution < 1.29 is 4.74 Å². The van der Waals surface area contributed by atoms with E-state index in [1.807, 2.05) is 0 Å². The second kappa shape index (κ2) is 4.90. The minimum atomic E-state index is 0.373. The van der Waals surface area contributed by atoms with Gasteiger partial charge in [-0.2, -0.15) is 0 Å². The molecule has 2 saturated heterocycles. The highest BCUT2D eigenvalue weighted by Crippen LogP contribution is 2.64. The number of nitrogens with zero attached hydrogens (tertiary/aromatic N) is 2. The Labute approximate surface area is 121 Å². The molecule has 4 nitrogen and oxygen atoms in total. The molecule has 4 rings (SSSR count). The van der Waals surface area contributed by atoms with E-state index in [4.69, 9.17) is 15.5 Å². The molecule has 2 aliphatic carbocycles. The molecule has 0 aromatic rings. The fourth-order valence-electron chi connectivity index (χ4n) is 4.91. The SMILES string of the molecule is NC(=NC1C2CCOC2C12CCC2)N1CCCCCC1. The third kappa shape index (κ3) is 1.80. The fourth-order valence-corrected chi connectivity index (χ4v) is 4.91. The van der Waals surface area contributed by atoms with E-state index in [9.17, 15) is 0 Å². The van der Waals surface area contributed by atoms with Crippen LogP contribution in [0, 0.1) is 11.3 Å². The summed E-state index contributed by atoms with van der Waals surface area (Å²) in [6, 6.07) is 0.451. The number of rotatable bonds is 1. The maximum Gasteiger partial charge on any atom is 0.191 e. The number of aliphatic imine (C=N–C) groups is 1. The fraction of sp³-hybridized carbons (Fsp3) is 0.938. The summed E-state index contributed by atoms with van der Waals surface area (Å²) in [5, 5.41) is 0. The third-order valence-corrected chi connectivity index (χ3v) is 6.18. The van der Waals surface area contributed by atoms with E-state index < -0.39 is 0 Å². The summed E-state index contributed by atoms with van der Waals surface area (Å²) in [5.74, 6) is 1.47. The Morgan fingerprint density at radius 2 is 1.85 bits per heavy atom. The van der Waals surface area contributed by atoms with Crippen molar-refractivity contribution in [3.05, 3.63) is 0 Å². The largest absolute Gasteiger partial charge is 0.377 e. The van der Waals surface area contributed by atoms with E-state index in [0.29, 0.717) is 23.5 Å². The summed E-state index contributed by atoms with van der Waals surface area (Å²) in [6.07, 6.45) is 10.9. The van der Waals surface area contributed by atoms with Gasteiger partial charge in [0, 0.05) is 31.0 Å². The van der Waals surface area contributed by atoms with Crippen LogP contribution in [0.2, 0.25) is 0 Å². The normalized spacial score (nSPS) is 39.9. The molecule has 2 saturated carbocycles. The summed E-state index contributed by atoms with van der Waals surface area (Å²) in [5.41, 5.74) is 6.72. The van der Waals surface area contributed by atoms with Gasteiger partial charge in [-0.25, -0.2) is 4.99 Å². The predicted octanol–water partition coefficient (Wildman–Crippen LogP) is 2.13. The summed E-state index contributed by atoms with van der Waals surface area (Å²) >= 11 is 0. The van der Waals surface area contributed by atoms with E-state index in [1.165, 1.54) is 51.4 Å². The molecule has 112 valence electrons. The number of likely N-dealkylation sites (tertiary alicyclic amines) is 1. The first-order chi connectivity index (χ1) is 9.81. The molecule has 0 radical (unpaired) electrons. The van der Waals surface area contributed by atoms with Crippen LogP contribution < -0.4 is 5.73 Å². The van der Waals surface area contributed by atoms with Crippen molar-refractivity contribution >= 4 is 5.96 Å². The van der Waals surface area contributed by atoms with E-state index in [2.05, 4.69) is 4.90 Å². The topological polar surface area (TPSA) is 50.9 Å². The van der Waals surface area contributed by atoms with E-state index in [0.717, 1.165) is 25.7 Å². The lowest BCUT2D eigenvalue weighted by Crippen LogP contribution is -2.66. The minimum absolute atomic E-state index is 0.373. The maximum atomic E-state index is 6.35. The van der Waals surface area contributed by atoms with Crippen molar-refractivity contribution in [3.8, 4) is 0 Å². The molecule has 1 spiro atoms. The van der Waals surface area contributed by atoms with Crippen LogP contribution in [0.5, 0.6) is 0 Å². The molecule has 4 heteroatoms. The first kappa shape index (κ1) is 12.9. The Morgan fingerprint density at radius 1 is 1.10 bits per heavy atom. The van der Waals surface area contributed by atoms with Gasteiger partial charge in [-0.05, 0) is 32.1 Å². The zero-order valence-corrected chi connectivity index (χ0v) is 12.4. The lowest BCUT2D eigenvalue weighted by Gasteiger charge is -2.61. The summed E-state index contributed by atoms with van der Waals surface area (Å²) in [4.78, 5) is 7.33. The molecule has 0 aromatic carbocycles. The summed E-state index contributed by atoms with van der Waals surface area (Å²) < 4.78 is 5.96. The standard InChI is InChI=1S/C16H27N3O/c17-15(19-9-3-1-2-4-10-19)18-13-12-6-11-20-14(12)16(13)7-5-8-16/h12-14H,1-11H2,(H2,17,18). The van der Waals surface area contributed by atoms with Crippen LogP contribution in [0.25, 0.3) is 0 Å². The first-order valence-corrected chi connectivity index (χ1v) is 8.51. The van der Waals surface area contributed by atoms with Crippen molar-refractivity contribution in [2.24, 2.45) is 22.1 Å². The van der Waals surface area contributed by atoms with Gasteiger partial charge in [0.15, 0.2) is 5.96 Å². The van der Waals surface area contributed by atoms with Crippen LogP contribution >= 0.6 is 0 Å². The van der Waals surface area contributed by atoms with Crippen LogP contribution in [-0.2, 0) is 4.74 Å². The van der Waals surface area contributed by atoms with Gasteiger partial charge >= 0.3 is 0 Å². The highest BCUT2D eigenvalue weighted by molar-refractivity contribution is 5.78. The van der Waals surface area contributed by atoms with Crippen LogP contribution in [0.3, 0.4) is 0 Å². The van der Waals surface area contributed by atoms with Crippen molar-refractivity contribution in [1.29, 1.82) is 0 Å². The van der Waals surface area contributed by atoms with Gasteiger partial charge in [0.25, 0.3) is 0 Å². The molecule has 3 atom stereocenters. The number of ether oxygens (including phenoxy) is 1. The molecule has 3 unspecified atom stereocenters. The second-order valence-electron chi connectivity index (χ2n) is 7.16. The van der Waals surface area contributed by atoms with Gasteiger partial charge in [0.2, 0.25) is 0 Å². The molecular weight excluding hydrogens is 250 g/mol. The van der Waals surface area contributed by atoms with Gasteiger partial charge in [-0.1, -0.05) is 19.3 Å². The van der Waals surface area contributed by atoms with Crippen LogP contribution in [0.4, 0.5) is 0 Å². The highest BCUT2D eigenvalue weighted by Gasteiger charge is 2.66. The predicted molar refractivity (Wildman–Crippen MR) is 79.6 cm³/mol. The number of hydrogen-bond donors (Lipinski definition) is 1. The van der Waals surface area contributed by atoms with Crippen LogP contribution in [0.15, 0.2) is 4.99 Å². The zero-order valence-electron chi connectivity index (χ0n) is 12.4. The Kier molecular flexibility index (Phi) is 3.17. The zero-order chi connectivity index (χ0) is 13.6. The van der Waals surface area contributed by atoms with E-state index in [-0.39, 0.29) is 0 Å². The second-order valence-corrected chi connectivity index (χ2v) is 7.16. The van der Waals surface area contributed by atoms with E-state index in [1.54, 1.807) is 0 Å². The summed E-state index contributed by atoms with van der Waals surface area (Å²) in [6.45, 7) is 3.13. The quantitative estimate of drug-likeness (QED) is 0.590. The maximum absolute atomic E-state index is 6.35. The van der Waals surface area contributed by atoms with Gasteiger partial charge in [0.1, 0.15) is 0 Å². The van der Waals surface area contributed by atoms with Gasteiger partial charge in [-0.15, -0.1) is 0 Å². The molecule has 2 heterocycles. The van der Waals surface area contributed by atoms with Crippen LogP contribution in [-0.4, -0.2) is 42.7 Å². The third-order valence-electron chi connectivity index (χ3n) is 6.18. The molecule has 0 aromatic heterocycles. The molecular formula is C16H27N3O. The Balaban J connectivity index is 1.50. The van der Waals surface area contributed by atoms with Crippen molar-refractivity contribution in [3.63, 3.8) is 0 Å². The van der Waals surface area contributed by atoms with Crippen molar-refractivity contribution in [2.45, 2.75) is 63.5 Å². The molecule has 2 N–H and O–H groups in total. The Morgan fingerprint density at radius 3 is 2.50 bits per heavy atom. The lowest BCUT2D eigenvalue weighted by molar-refractivity contribution is -0.164. The average Bonchev–Trinajstić information content (AvgIpc) is 2.63. The molecule has 0 amide bonds. The monoisotopic (exact) mass is 277 g/mol. The number of fused-ring (bicyclic) bond motifs is 2.